The van der Waals surface area contributed by atoms with E-state index in [1.54, 1.807) is 0 Å². The van der Waals surface area contributed by atoms with Crippen molar-refractivity contribution < 1.29 is 9.47 Å². The van der Waals surface area contributed by atoms with Crippen molar-refractivity contribution in [2.75, 3.05) is 13.2 Å². The molecule has 3 nitrogen and oxygen atoms in total. The molecule has 0 radical (unpaired) electrons. The van der Waals surface area contributed by atoms with Crippen molar-refractivity contribution in [1.29, 1.82) is 0 Å². The lowest BCUT2D eigenvalue weighted by Crippen LogP contribution is -2.38. The maximum absolute atomic E-state index is 5.88. The van der Waals surface area contributed by atoms with Gasteiger partial charge < -0.3 is 14.8 Å². The van der Waals surface area contributed by atoms with Crippen LogP contribution in [0.1, 0.15) is 5.56 Å². The molecule has 1 atom stereocenters. The summed E-state index contributed by atoms with van der Waals surface area (Å²) < 4.78 is 11.6. The van der Waals surface area contributed by atoms with Gasteiger partial charge in [-0.05, 0) is 29.8 Å². The predicted octanol–water partition coefficient (Wildman–Crippen LogP) is 3.27. The zero-order valence-corrected chi connectivity index (χ0v) is 11.8. The van der Waals surface area contributed by atoms with Gasteiger partial charge in [0, 0.05) is 18.1 Å². The van der Waals surface area contributed by atoms with Crippen LogP contribution >= 0.6 is 11.6 Å². The largest absolute Gasteiger partial charge is 0.486 e. The summed E-state index contributed by atoms with van der Waals surface area (Å²) in [4.78, 5) is 0. The van der Waals surface area contributed by atoms with Gasteiger partial charge in [-0.1, -0.05) is 35.9 Å². The molecule has 20 heavy (non-hydrogen) atoms. The molecule has 1 unspecified atom stereocenters. The van der Waals surface area contributed by atoms with Gasteiger partial charge in [-0.2, -0.15) is 0 Å². The molecule has 0 fully saturated rings. The van der Waals surface area contributed by atoms with Gasteiger partial charge in [0.15, 0.2) is 11.5 Å². The molecule has 0 saturated heterocycles. The maximum atomic E-state index is 5.88. The summed E-state index contributed by atoms with van der Waals surface area (Å²) in [6.07, 6.45) is 0.0391. The normalized spacial score (nSPS) is 16.9. The van der Waals surface area contributed by atoms with Crippen molar-refractivity contribution in [3.8, 4) is 11.5 Å². The van der Waals surface area contributed by atoms with Crippen molar-refractivity contribution in [2.45, 2.75) is 12.6 Å². The number of hydrogen-bond donors (Lipinski definition) is 1. The Bertz CT molecular complexity index is 571. The molecule has 0 bridgehead atoms. The highest BCUT2D eigenvalue weighted by Crippen LogP contribution is 2.30. The average molecular weight is 290 g/mol. The van der Waals surface area contributed by atoms with Gasteiger partial charge in [-0.25, -0.2) is 0 Å². The fourth-order valence-electron chi connectivity index (χ4n) is 2.14. The van der Waals surface area contributed by atoms with E-state index in [9.17, 15) is 0 Å². The zero-order valence-electron chi connectivity index (χ0n) is 11.0. The van der Waals surface area contributed by atoms with Crippen LogP contribution in [-0.4, -0.2) is 19.3 Å². The molecule has 1 N–H and O–H groups in total. The van der Waals surface area contributed by atoms with Crippen LogP contribution in [0.2, 0.25) is 5.02 Å². The van der Waals surface area contributed by atoms with Crippen molar-refractivity contribution in [3.63, 3.8) is 0 Å². The molecular formula is C16H16ClNO2. The molecule has 104 valence electrons. The first-order valence-corrected chi connectivity index (χ1v) is 7.03. The third-order valence-electron chi connectivity index (χ3n) is 3.18. The topological polar surface area (TPSA) is 30.5 Å². The number of rotatable bonds is 4. The van der Waals surface area contributed by atoms with Crippen LogP contribution < -0.4 is 14.8 Å². The van der Waals surface area contributed by atoms with Crippen molar-refractivity contribution in [2.24, 2.45) is 0 Å². The fourth-order valence-corrected chi connectivity index (χ4v) is 2.27. The Balaban J connectivity index is 1.49. The molecule has 0 spiro atoms. The molecule has 1 aliphatic heterocycles. The number of fused-ring (bicyclic) bond motifs is 1. The van der Waals surface area contributed by atoms with E-state index in [4.69, 9.17) is 21.1 Å². The van der Waals surface area contributed by atoms with Crippen molar-refractivity contribution >= 4 is 11.6 Å². The second-order valence-corrected chi connectivity index (χ2v) is 5.19. The molecule has 2 aromatic carbocycles. The average Bonchev–Trinajstić information content (AvgIpc) is 2.49. The highest BCUT2D eigenvalue weighted by atomic mass is 35.5. The second kappa shape index (κ2) is 6.16. The number of halogens is 1. The van der Waals surface area contributed by atoms with E-state index in [1.165, 1.54) is 5.56 Å². The quantitative estimate of drug-likeness (QED) is 0.937. The summed E-state index contributed by atoms with van der Waals surface area (Å²) in [5.74, 6) is 1.64. The van der Waals surface area contributed by atoms with Crippen LogP contribution in [0.5, 0.6) is 11.5 Å². The minimum atomic E-state index is 0.0391. The molecule has 0 aromatic heterocycles. The van der Waals surface area contributed by atoms with Gasteiger partial charge in [-0.3, -0.25) is 0 Å². The molecule has 2 aromatic rings. The van der Waals surface area contributed by atoms with Crippen molar-refractivity contribution in [1.82, 2.24) is 5.32 Å². The number of nitrogens with one attached hydrogen (secondary N) is 1. The first-order valence-electron chi connectivity index (χ1n) is 6.65. The van der Waals surface area contributed by atoms with Gasteiger partial charge in [0.1, 0.15) is 12.7 Å². The summed E-state index contributed by atoms with van der Waals surface area (Å²) in [7, 11) is 0. The van der Waals surface area contributed by atoms with Crippen LogP contribution in [0.15, 0.2) is 48.5 Å². The van der Waals surface area contributed by atoms with E-state index >= 15 is 0 Å². The summed E-state index contributed by atoms with van der Waals surface area (Å²) in [6, 6.07) is 15.6. The van der Waals surface area contributed by atoms with E-state index in [0.29, 0.717) is 6.61 Å². The first-order chi connectivity index (χ1) is 9.81. The van der Waals surface area contributed by atoms with Crippen LogP contribution in [-0.2, 0) is 6.54 Å². The highest BCUT2D eigenvalue weighted by Gasteiger charge is 2.19. The van der Waals surface area contributed by atoms with Gasteiger partial charge in [0.05, 0.1) is 0 Å². The number of hydrogen-bond acceptors (Lipinski definition) is 3. The third-order valence-corrected chi connectivity index (χ3v) is 3.43. The highest BCUT2D eigenvalue weighted by molar-refractivity contribution is 6.30. The standard InChI is InChI=1S/C16H16ClNO2/c17-13-7-5-12(6-8-13)9-18-10-14-11-19-15-3-1-2-4-16(15)20-14/h1-8,14,18H,9-11H2. The molecular weight excluding hydrogens is 274 g/mol. The monoisotopic (exact) mass is 289 g/mol. The SMILES string of the molecule is Clc1ccc(CNCC2COc3ccccc3O2)cc1. The maximum Gasteiger partial charge on any atom is 0.161 e. The fraction of sp³-hybridized carbons (Fsp3) is 0.250. The Labute approximate surface area is 123 Å². The van der Waals surface area contributed by atoms with E-state index < -0.39 is 0 Å². The Morgan fingerprint density at radius 1 is 1.05 bits per heavy atom. The minimum absolute atomic E-state index is 0.0391. The predicted molar refractivity (Wildman–Crippen MR) is 79.5 cm³/mol. The lowest BCUT2D eigenvalue weighted by atomic mass is 10.2. The molecule has 1 heterocycles. The van der Waals surface area contributed by atoms with Crippen molar-refractivity contribution in [3.05, 3.63) is 59.1 Å². The van der Waals surface area contributed by atoms with Crippen LogP contribution in [0, 0.1) is 0 Å². The lowest BCUT2D eigenvalue weighted by Gasteiger charge is -2.26. The van der Waals surface area contributed by atoms with Gasteiger partial charge in [0.25, 0.3) is 0 Å². The molecule has 0 amide bonds. The summed E-state index contributed by atoms with van der Waals surface area (Å²) >= 11 is 5.86. The van der Waals surface area contributed by atoms with E-state index in [0.717, 1.165) is 29.6 Å². The zero-order chi connectivity index (χ0) is 13.8. The number of benzene rings is 2. The van der Waals surface area contributed by atoms with E-state index in [-0.39, 0.29) is 6.10 Å². The number of para-hydroxylation sites is 2. The Morgan fingerprint density at radius 3 is 2.60 bits per heavy atom. The summed E-state index contributed by atoms with van der Waals surface area (Å²) in [5, 5.41) is 4.13. The first kappa shape index (κ1) is 13.3. The third kappa shape index (κ3) is 3.24. The Kier molecular flexibility index (Phi) is 4.09. The van der Waals surface area contributed by atoms with Gasteiger partial charge in [0.2, 0.25) is 0 Å². The van der Waals surface area contributed by atoms with Crippen LogP contribution in [0.3, 0.4) is 0 Å². The lowest BCUT2D eigenvalue weighted by molar-refractivity contribution is 0.0902. The van der Waals surface area contributed by atoms with Crippen LogP contribution in [0.4, 0.5) is 0 Å². The second-order valence-electron chi connectivity index (χ2n) is 4.75. The molecule has 1 aliphatic rings. The van der Waals surface area contributed by atoms with Gasteiger partial charge >= 0.3 is 0 Å². The van der Waals surface area contributed by atoms with Crippen LogP contribution in [0.25, 0.3) is 0 Å². The Morgan fingerprint density at radius 2 is 1.80 bits per heavy atom. The van der Waals surface area contributed by atoms with E-state index in [1.807, 2.05) is 48.5 Å². The molecule has 3 rings (SSSR count). The molecule has 0 saturated carbocycles. The molecule has 4 heteroatoms. The summed E-state index contributed by atoms with van der Waals surface area (Å²) in [6.45, 7) is 2.11. The summed E-state index contributed by atoms with van der Waals surface area (Å²) in [5.41, 5.74) is 1.20. The Hall–Kier alpha value is -1.71. The number of ether oxygens (including phenoxy) is 2. The minimum Gasteiger partial charge on any atom is -0.486 e. The van der Waals surface area contributed by atoms with Gasteiger partial charge in [-0.15, -0.1) is 0 Å². The smallest absolute Gasteiger partial charge is 0.161 e. The van der Waals surface area contributed by atoms with E-state index in [2.05, 4.69) is 5.32 Å². The molecule has 0 aliphatic carbocycles.